The largest absolute Gasteiger partial charge is 0.466 e. The van der Waals surface area contributed by atoms with E-state index in [1.807, 2.05) is 6.07 Å². The molecule has 2 aromatic carbocycles. The highest BCUT2D eigenvalue weighted by Gasteiger charge is 2.47. The fourth-order valence-electron chi connectivity index (χ4n) is 3.34. The number of nitrogens with zero attached hydrogens (tertiary/aromatic N) is 2. The summed E-state index contributed by atoms with van der Waals surface area (Å²) in [6, 6.07) is 12.0. The summed E-state index contributed by atoms with van der Waals surface area (Å²) in [6.45, 7) is 1.58. The molecule has 0 saturated heterocycles. The summed E-state index contributed by atoms with van der Waals surface area (Å²) in [7, 11) is 0. The molecule has 31 heavy (non-hydrogen) atoms. The van der Waals surface area contributed by atoms with Crippen molar-refractivity contribution in [3.63, 3.8) is 0 Å². The van der Waals surface area contributed by atoms with Crippen LogP contribution in [-0.2, 0) is 16.1 Å². The maximum absolute atomic E-state index is 14.3. The number of aromatic nitrogens is 2. The molecule has 2 amide bonds. The van der Waals surface area contributed by atoms with Crippen LogP contribution >= 0.6 is 0 Å². The first-order chi connectivity index (χ1) is 14.9. The Morgan fingerprint density at radius 3 is 2.74 bits per heavy atom. The molecular formula is C21H17FN6O3. The van der Waals surface area contributed by atoms with Crippen molar-refractivity contribution in [3.05, 3.63) is 60.0 Å². The highest BCUT2D eigenvalue weighted by atomic mass is 19.1. The third-order valence-corrected chi connectivity index (χ3v) is 5.05. The monoisotopic (exact) mass is 420 g/mol. The number of ether oxygens (including phenoxy) is 1. The van der Waals surface area contributed by atoms with Crippen molar-refractivity contribution < 1.29 is 18.7 Å². The molecule has 5 heterocycles. The van der Waals surface area contributed by atoms with Gasteiger partial charge in [0.25, 0.3) is 17.4 Å². The predicted octanol–water partition coefficient (Wildman–Crippen LogP) is 2.82. The van der Waals surface area contributed by atoms with Crippen molar-refractivity contribution in [2.45, 2.75) is 19.1 Å². The molecule has 0 spiro atoms. The first kappa shape index (κ1) is 18.8. The van der Waals surface area contributed by atoms with Gasteiger partial charge in [-0.05, 0) is 42.8 Å². The number of hydrogen-bond acceptors (Lipinski definition) is 7. The highest BCUT2D eigenvalue weighted by molar-refractivity contribution is 6.15. The number of hydrogen-bond donors (Lipinski definition) is 4. The molecule has 8 bridgehead atoms. The number of halogens is 1. The molecule has 3 aromatic rings. The smallest absolute Gasteiger partial charge is 0.278 e. The molecule has 1 atom stereocenters. The summed E-state index contributed by atoms with van der Waals surface area (Å²) in [5.74, 6) is -1.35. The second-order valence-electron chi connectivity index (χ2n) is 7.32. The summed E-state index contributed by atoms with van der Waals surface area (Å²) in [4.78, 5) is 33.7. The second kappa shape index (κ2) is 6.94. The molecule has 1 aromatic heterocycles. The van der Waals surface area contributed by atoms with E-state index in [9.17, 15) is 14.0 Å². The van der Waals surface area contributed by atoms with E-state index in [0.717, 1.165) is 11.8 Å². The fraction of sp³-hybridized carbons (Fsp3) is 0.143. The molecule has 9 nitrogen and oxygen atoms in total. The standard InChI is InChI=1S/C21H17FN6O3/c1-21-18(29)23-9-11-3-2-4-12(7-11)26-20-24-10-14(22)17(28-20)25-13-5-6-16(31-21)15(8-13)27-19(21)30/h2-8,10H,9H2,1H3,(H,23,29)(H,27,30)(H2,24,25,26,28). The number of fused-ring (bicyclic) bond motifs is 2. The van der Waals surface area contributed by atoms with E-state index < -0.39 is 23.2 Å². The van der Waals surface area contributed by atoms with Crippen LogP contribution in [0.15, 0.2) is 48.7 Å². The zero-order chi connectivity index (χ0) is 21.6. The van der Waals surface area contributed by atoms with Crippen LogP contribution in [0.3, 0.4) is 0 Å². The lowest BCUT2D eigenvalue weighted by atomic mass is 10.0. The first-order valence-corrected chi connectivity index (χ1v) is 9.49. The van der Waals surface area contributed by atoms with E-state index in [-0.39, 0.29) is 18.3 Å². The zero-order valence-corrected chi connectivity index (χ0v) is 16.3. The third kappa shape index (κ3) is 3.37. The average molecular weight is 420 g/mol. The number of anilines is 5. The Bertz CT molecular complexity index is 1230. The maximum atomic E-state index is 14.3. The Kier molecular flexibility index (Phi) is 4.21. The molecule has 4 aliphatic heterocycles. The van der Waals surface area contributed by atoms with Crippen LogP contribution in [0.2, 0.25) is 0 Å². The van der Waals surface area contributed by atoms with Crippen LogP contribution in [0.1, 0.15) is 12.5 Å². The molecule has 10 heteroatoms. The van der Waals surface area contributed by atoms with E-state index in [2.05, 4.69) is 31.2 Å². The minimum atomic E-state index is -1.74. The fourth-order valence-corrected chi connectivity index (χ4v) is 3.34. The molecule has 156 valence electrons. The third-order valence-electron chi connectivity index (χ3n) is 5.05. The molecule has 4 N–H and O–H groups in total. The van der Waals surface area contributed by atoms with Gasteiger partial charge in [-0.25, -0.2) is 9.37 Å². The van der Waals surface area contributed by atoms with Gasteiger partial charge in [0.2, 0.25) is 5.95 Å². The molecule has 7 rings (SSSR count). The molecule has 0 saturated carbocycles. The predicted molar refractivity (Wildman–Crippen MR) is 111 cm³/mol. The maximum Gasteiger partial charge on any atom is 0.278 e. The van der Waals surface area contributed by atoms with E-state index >= 15 is 0 Å². The summed E-state index contributed by atoms with van der Waals surface area (Å²) in [6.07, 6.45) is 1.06. The number of carbonyl (C=O) groups excluding carboxylic acids is 2. The van der Waals surface area contributed by atoms with Crippen LogP contribution < -0.4 is 26.0 Å². The Morgan fingerprint density at radius 1 is 1.03 bits per heavy atom. The van der Waals surface area contributed by atoms with Crippen LogP contribution in [0, 0.1) is 5.82 Å². The van der Waals surface area contributed by atoms with E-state index in [1.165, 1.54) is 6.92 Å². The van der Waals surface area contributed by atoms with Crippen molar-refractivity contribution in [1.82, 2.24) is 15.3 Å². The van der Waals surface area contributed by atoms with Gasteiger partial charge in [-0.3, -0.25) is 9.59 Å². The summed E-state index contributed by atoms with van der Waals surface area (Å²) in [5.41, 5.74) is 0.499. The lowest BCUT2D eigenvalue weighted by molar-refractivity contribution is -0.146. The molecule has 0 radical (unpaired) electrons. The Labute approximate surface area is 176 Å². The lowest BCUT2D eigenvalue weighted by Gasteiger charge is -2.33. The zero-order valence-electron chi connectivity index (χ0n) is 16.3. The summed E-state index contributed by atoms with van der Waals surface area (Å²) < 4.78 is 20.1. The lowest BCUT2D eigenvalue weighted by Crippen LogP contribution is -2.58. The van der Waals surface area contributed by atoms with Crippen LogP contribution in [0.25, 0.3) is 0 Å². The second-order valence-corrected chi connectivity index (χ2v) is 7.32. The molecule has 0 fully saturated rings. The highest BCUT2D eigenvalue weighted by Crippen LogP contribution is 2.36. The molecule has 1 unspecified atom stereocenters. The number of nitrogens with one attached hydrogen (secondary N) is 4. The summed E-state index contributed by atoms with van der Waals surface area (Å²) in [5, 5.41) is 11.3. The van der Waals surface area contributed by atoms with Gasteiger partial charge >= 0.3 is 0 Å². The van der Waals surface area contributed by atoms with Gasteiger partial charge < -0.3 is 26.0 Å². The minimum Gasteiger partial charge on any atom is -0.466 e. The number of benzene rings is 2. The Morgan fingerprint density at radius 2 is 1.87 bits per heavy atom. The first-order valence-electron chi connectivity index (χ1n) is 9.49. The molecule has 4 aliphatic rings. The average Bonchev–Trinajstić information content (AvgIpc) is 2.75. The van der Waals surface area contributed by atoms with Crippen LogP contribution in [-0.4, -0.2) is 27.4 Å². The molecule has 0 aliphatic carbocycles. The topological polar surface area (TPSA) is 117 Å². The van der Waals surface area contributed by atoms with E-state index in [1.54, 1.807) is 36.4 Å². The normalized spacial score (nSPS) is 19.4. The van der Waals surface area contributed by atoms with Crippen LogP contribution in [0.5, 0.6) is 5.75 Å². The van der Waals surface area contributed by atoms with Gasteiger partial charge in [0.1, 0.15) is 5.75 Å². The van der Waals surface area contributed by atoms with Gasteiger partial charge in [0.15, 0.2) is 11.6 Å². The van der Waals surface area contributed by atoms with Gasteiger partial charge in [0, 0.05) is 17.9 Å². The van der Waals surface area contributed by atoms with Gasteiger partial charge in [-0.1, -0.05) is 12.1 Å². The number of carbonyl (C=O) groups is 2. The van der Waals surface area contributed by atoms with Gasteiger partial charge in [-0.2, -0.15) is 4.98 Å². The van der Waals surface area contributed by atoms with Crippen molar-refractivity contribution in [2.75, 3.05) is 16.0 Å². The van der Waals surface area contributed by atoms with Gasteiger partial charge in [0.05, 0.1) is 11.9 Å². The summed E-state index contributed by atoms with van der Waals surface area (Å²) >= 11 is 0. The van der Waals surface area contributed by atoms with Crippen molar-refractivity contribution in [2.24, 2.45) is 0 Å². The van der Waals surface area contributed by atoms with E-state index in [4.69, 9.17) is 4.74 Å². The van der Waals surface area contributed by atoms with Crippen molar-refractivity contribution in [3.8, 4) is 5.75 Å². The van der Waals surface area contributed by atoms with Crippen LogP contribution in [0.4, 0.5) is 33.2 Å². The number of amides is 2. The molecular weight excluding hydrogens is 403 g/mol. The van der Waals surface area contributed by atoms with E-state index in [0.29, 0.717) is 22.8 Å². The Balaban J connectivity index is 1.61. The van der Waals surface area contributed by atoms with Crippen molar-refractivity contribution in [1.29, 1.82) is 0 Å². The Hall–Kier alpha value is -4.21. The minimum absolute atomic E-state index is 0.0392. The quantitative estimate of drug-likeness (QED) is 0.413. The SMILES string of the molecule is CC12Oc3ccc(cc3NC1=O)Nc1nc(ncc1F)Nc1cccc(c1)CNC2=O. The van der Waals surface area contributed by atoms with Gasteiger partial charge in [-0.15, -0.1) is 0 Å². The number of rotatable bonds is 0. The van der Waals surface area contributed by atoms with Crippen molar-refractivity contribution >= 4 is 40.6 Å².